The van der Waals surface area contributed by atoms with Crippen LogP contribution in [0.4, 0.5) is 11.4 Å². The molecule has 0 unspecified atom stereocenters. The number of fused-ring (bicyclic) bond motifs is 1. The standard InChI is InChI=1S/C22H20Cl2N4OS/c1-12-7-8-16(26-21(29)18-14(23)5-4-6-15(18)24)19-17(12)20(13(2)11-25-19)28-10-9-27(3)22(28)30/h4-8,11H,9-10H2,1-3H3,(H,26,29). The molecule has 1 fully saturated rings. The summed E-state index contributed by atoms with van der Waals surface area (Å²) in [5, 5.41) is 5.28. The molecule has 154 valence electrons. The Morgan fingerprint density at radius 2 is 1.80 bits per heavy atom. The number of carbonyl (C=O) groups is 1. The highest BCUT2D eigenvalue weighted by Gasteiger charge is 2.27. The van der Waals surface area contributed by atoms with Crippen molar-refractivity contribution in [2.24, 2.45) is 0 Å². The van der Waals surface area contributed by atoms with E-state index in [0.717, 1.165) is 40.4 Å². The van der Waals surface area contributed by atoms with Gasteiger partial charge in [-0.2, -0.15) is 0 Å². The van der Waals surface area contributed by atoms with Crippen LogP contribution in [0.5, 0.6) is 0 Å². The topological polar surface area (TPSA) is 48.5 Å². The number of hydrogen-bond acceptors (Lipinski definition) is 3. The van der Waals surface area contributed by atoms with Crippen molar-refractivity contribution in [3.63, 3.8) is 0 Å². The molecule has 1 saturated heterocycles. The SMILES string of the molecule is Cc1cnc2c(NC(=O)c3c(Cl)cccc3Cl)ccc(C)c2c1N1CCN(C)C1=S. The van der Waals surface area contributed by atoms with Gasteiger partial charge in [0.15, 0.2) is 5.11 Å². The summed E-state index contributed by atoms with van der Waals surface area (Å²) in [4.78, 5) is 21.8. The second kappa shape index (κ2) is 8.02. The van der Waals surface area contributed by atoms with E-state index >= 15 is 0 Å². The molecule has 1 aromatic heterocycles. The van der Waals surface area contributed by atoms with E-state index in [0.29, 0.717) is 21.2 Å². The Labute approximate surface area is 190 Å². The van der Waals surface area contributed by atoms with Crippen LogP contribution < -0.4 is 10.2 Å². The van der Waals surface area contributed by atoms with Gasteiger partial charge in [-0.3, -0.25) is 9.78 Å². The lowest BCUT2D eigenvalue weighted by molar-refractivity contribution is 0.102. The lowest BCUT2D eigenvalue weighted by Crippen LogP contribution is -2.29. The fourth-order valence-electron chi connectivity index (χ4n) is 3.75. The average Bonchev–Trinajstić information content (AvgIpc) is 3.02. The predicted octanol–water partition coefficient (Wildman–Crippen LogP) is 5.45. The fraction of sp³-hybridized carbons (Fsp3) is 0.227. The third kappa shape index (κ3) is 3.49. The van der Waals surface area contributed by atoms with Crippen molar-refractivity contribution in [3.05, 3.63) is 63.3 Å². The average molecular weight is 459 g/mol. The number of likely N-dealkylation sites (N-methyl/N-ethyl adjacent to an activating group) is 1. The zero-order valence-electron chi connectivity index (χ0n) is 16.8. The Hall–Kier alpha value is -2.41. The van der Waals surface area contributed by atoms with Crippen molar-refractivity contribution < 1.29 is 4.79 Å². The highest BCUT2D eigenvalue weighted by atomic mass is 35.5. The van der Waals surface area contributed by atoms with Crippen LogP contribution in [-0.2, 0) is 0 Å². The van der Waals surface area contributed by atoms with Gasteiger partial charge in [-0.05, 0) is 55.4 Å². The van der Waals surface area contributed by atoms with E-state index in [1.165, 1.54) is 0 Å². The molecule has 8 heteroatoms. The molecule has 1 amide bonds. The van der Waals surface area contributed by atoms with Crippen molar-refractivity contribution in [2.45, 2.75) is 13.8 Å². The van der Waals surface area contributed by atoms with Gasteiger partial charge in [0.25, 0.3) is 5.91 Å². The smallest absolute Gasteiger partial charge is 0.258 e. The van der Waals surface area contributed by atoms with Crippen molar-refractivity contribution in [1.29, 1.82) is 0 Å². The summed E-state index contributed by atoms with van der Waals surface area (Å²) in [6, 6.07) is 8.80. The lowest BCUT2D eigenvalue weighted by Gasteiger charge is -2.24. The van der Waals surface area contributed by atoms with E-state index in [-0.39, 0.29) is 11.5 Å². The monoisotopic (exact) mass is 458 g/mol. The third-order valence-electron chi connectivity index (χ3n) is 5.31. The quantitative estimate of drug-likeness (QED) is 0.528. The van der Waals surface area contributed by atoms with Crippen molar-refractivity contribution in [1.82, 2.24) is 9.88 Å². The minimum absolute atomic E-state index is 0.240. The van der Waals surface area contributed by atoms with E-state index in [1.54, 1.807) is 18.2 Å². The van der Waals surface area contributed by atoms with E-state index in [1.807, 2.05) is 39.2 Å². The van der Waals surface area contributed by atoms with Crippen LogP contribution in [0.3, 0.4) is 0 Å². The molecular formula is C22H20Cl2N4OS. The largest absolute Gasteiger partial charge is 0.350 e. The Morgan fingerprint density at radius 3 is 2.43 bits per heavy atom. The van der Waals surface area contributed by atoms with E-state index < -0.39 is 0 Å². The summed E-state index contributed by atoms with van der Waals surface area (Å²) >= 11 is 18.1. The number of aromatic nitrogens is 1. The van der Waals surface area contributed by atoms with Crippen molar-refractivity contribution in [3.8, 4) is 0 Å². The number of pyridine rings is 1. The number of halogens is 2. The van der Waals surface area contributed by atoms with Crippen LogP contribution in [0.15, 0.2) is 36.5 Å². The van der Waals surface area contributed by atoms with Gasteiger partial charge >= 0.3 is 0 Å². The van der Waals surface area contributed by atoms with E-state index in [2.05, 4.69) is 20.1 Å². The molecule has 0 radical (unpaired) electrons. The van der Waals surface area contributed by atoms with Gasteiger partial charge < -0.3 is 15.1 Å². The Morgan fingerprint density at radius 1 is 1.10 bits per heavy atom. The van der Waals surface area contributed by atoms with Crippen LogP contribution in [0.2, 0.25) is 10.0 Å². The van der Waals surface area contributed by atoms with Gasteiger partial charge in [0.1, 0.15) is 0 Å². The molecule has 3 aromatic rings. The zero-order valence-corrected chi connectivity index (χ0v) is 19.1. The molecule has 0 saturated carbocycles. The van der Waals surface area contributed by atoms with Crippen molar-refractivity contribution >= 4 is 68.7 Å². The lowest BCUT2D eigenvalue weighted by atomic mass is 10.0. The summed E-state index contributed by atoms with van der Waals surface area (Å²) in [7, 11) is 1.99. The first-order chi connectivity index (χ1) is 14.3. The third-order valence-corrected chi connectivity index (χ3v) is 6.47. The number of rotatable bonds is 3. The molecule has 2 heterocycles. The van der Waals surface area contributed by atoms with Gasteiger partial charge in [0.2, 0.25) is 0 Å². The fourth-order valence-corrected chi connectivity index (χ4v) is 4.59. The molecule has 1 N–H and O–H groups in total. The number of thiocarbonyl (C=S) groups is 1. The number of hydrogen-bond donors (Lipinski definition) is 1. The molecular weight excluding hydrogens is 439 g/mol. The Bertz CT molecular complexity index is 1180. The highest BCUT2D eigenvalue weighted by molar-refractivity contribution is 7.80. The molecule has 5 nitrogen and oxygen atoms in total. The number of amides is 1. The summed E-state index contributed by atoms with van der Waals surface area (Å²) < 4.78 is 0. The molecule has 0 bridgehead atoms. The predicted molar refractivity (Wildman–Crippen MR) is 128 cm³/mol. The number of benzene rings is 2. The first-order valence-corrected chi connectivity index (χ1v) is 10.6. The minimum atomic E-state index is -0.379. The van der Waals surface area contributed by atoms with Crippen LogP contribution in [0, 0.1) is 13.8 Å². The van der Waals surface area contributed by atoms with Gasteiger partial charge in [0.05, 0.1) is 32.5 Å². The van der Waals surface area contributed by atoms with Crippen LogP contribution in [0.25, 0.3) is 10.9 Å². The number of nitrogens with zero attached hydrogens (tertiary/aromatic N) is 3. The number of nitrogens with one attached hydrogen (secondary N) is 1. The Kier molecular flexibility index (Phi) is 5.57. The molecule has 1 aliphatic rings. The maximum Gasteiger partial charge on any atom is 0.258 e. The zero-order chi connectivity index (χ0) is 21.6. The second-order valence-electron chi connectivity index (χ2n) is 7.35. The van der Waals surface area contributed by atoms with E-state index in [9.17, 15) is 4.79 Å². The first kappa shape index (κ1) is 20.8. The molecule has 2 aromatic carbocycles. The van der Waals surface area contributed by atoms with E-state index in [4.69, 9.17) is 35.4 Å². The molecule has 1 aliphatic heterocycles. The highest BCUT2D eigenvalue weighted by Crippen LogP contribution is 2.37. The second-order valence-corrected chi connectivity index (χ2v) is 8.53. The normalized spacial score (nSPS) is 14.0. The number of aryl methyl sites for hydroxylation is 2. The van der Waals surface area contributed by atoms with Crippen molar-refractivity contribution in [2.75, 3.05) is 30.4 Å². The van der Waals surface area contributed by atoms with Gasteiger partial charge in [-0.25, -0.2) is 0 Å². The first-order valence-electron chi connectivity index (χ1n) is 9.46. The summed E-state index contributed by atoms with van der Waals surface area (Å²) in [5.74, 6) is -0.379. The minimum Gasteiger partial charge on any atom is -0.350 e. The van der Waals surface area contributed by atoms with Gasteiger partial charge in [0, 0.05) is 31.7 Å². The summed E-state index contributed by atoms with van der Waals surface area (Å²) in [5.41, 5.74) is 4.65. The number of carbonyl (C=O) groups excluding carboxylic acids is 1. The Balaban J connectivity index is 1.84. The molecule has 0 atom stereocenters. The molecule has 30 heavy (non-hydrogen) atoms. The summed E-state index contributed by atoms with van der Waals surface area (Å²) in [6.07, 6.45) is 1.82. The molecule has 0 aliphatic carbocycles. The van der Waals surface area contributed by atoms with Gasteiger partial charge in [-0.15, -0.1) is 0 Å². The molecule has 0 spiro atoms. The van der Waals surface area contributed by atoms with Crippen LogP contribution >= 0.6 is 35.4 Å². The number of anilines is 2. The maximum atomic E-state index is 12.9. The van der Waals surface area contributed by atoms with Crippen LogP contribution in [0.1, 0.15) is 21.5 Å². The maximum absolute atomic E-state index is 12.9. The van der Waals surface area contributed by atoms with Gasteiger partial charge in [-0.1, -0.05) is 35.3 Å². The summed E-state index contributed by atoms with van der Waals surface area (Å²) in [6.45, 7) is 5.73. The van der Waals surface area contributed by atoms with Crippen LogP contribution in [-0.4, -0.2) is 41.0 Å². The molecule has 4 rings (SSSR count).